The topological polar surface area (TPSA) is 24.1 Å². The van der Waals surface area contributed by atoms with Crippen LogP contribution in [0.2, 0.25) is 0 Å². The van der Waals surface area contributed by atoms with E-state index in [1.807, 2.05) is 11.3 Å². The van der Waals surface area contributed by atoms with Gasteiger partial charge in [0.25, 0.3) is 0 Å². The first kappa shape index (κ1) is 13.1. The van der Waals surface area contributed by atoms with Gasteiger partial charge in [0.05, 0.1) is 0 Å². The summed E-state index contributed by atoms with van der Waals surface area (Å²) >= 11 is 1.86. The highest BCUT2D eigenvalue weighted by atomic mass is 32.1. The molecule has 0 saturated carbocycles. The molecule has 2 heterocycles. The lowest BCUT2D eigenvalue weighted by Crippen LogP contribution is -2.35. The van der Waals surface area contributed by atoms with E-state index in [2.05, 4.69) is 42.0 Å². The molecule has 1 saturated heterocycles. The molecule has 1 aromatic heterocycles. The molecule has 17 heavy (non-hydrogen) atoms. The highest BCUT2D eigenvalue weighted by Crippen LogP contribution is 2.23. The van der Waals surface area contributed by atoms with Crippen LogP contribution < -0.4 is 10.6 Å². The summed E-state index contributed by atoms with van der Waals surface area (Å²) in [6.45, 7) is 5.79. The van der Waals surface area contributed by atoms with Gasteiger partial charge in [0.15, 0.2) is 0 Å². The molecule has 3 unspecified atom stereocenters. The first-order chi connectivity index (χ1) is 8.29. The van der Waals surface area contributed by atoms with Crippen LogP contribution in [0.3, 0.4) is 0 Å². The lowest BCUT2D eigenvalue weighted by molar-refractivity contribution is 0.392. The minimum Gasteiger partial charge on any atom is -0.314 e. The standard InChI is InChI=1S/C14H24N2S/c1-3-13(14-7-5-9-17-14)16-11(2)10-12-6-4-8-15-12/h5,7,9,11-13,15-16H,3-4,6,8,10H2,1-2H3. The molecule has 1 aliphatic heterocycles. The van der Waals surface area contributed by atoms with Crippen molar-refractivity contribution in [2.24, 2.45) is 0 Å². The number of rotatable bonds is 6. The van der Waals surface area contributed by atoms with Crippen LogP contribution in [0.25, 0.3) is 0 Å². The zero-order valence-corrected chi connectivity index (χ0v) is 11.7. The molecule has 0 amide bonds. The van der Waals surface area contributed by atoms with Gasteiger partial charge in [-0.2, -0.15) is 0 Å². The Morgan fingerprint density at radius 3 is 3.06 bits per heavy atom. The molecule has 2 N–H and O–H groups in total. The summed E-state index contributed by atoms with van der Waals surface area (Å²) in [6, 6.07) is 6.25. The highest BCUT2D eigenvalue weighted by Gasteiger charge is 2.19. The van der Waals surface area contributed by atoms with Gasteiger partial charge in [-0.3, -0.25) is 0 Å². The van der Waals surface area contributed by atoms with Crippen molar-refractivity contribution in [3.8, 4) is 0 Å². The molecule has 2 rings (SSSR count). The Balaban J connectivity index is 1.81. The quantitative estimate of drug-likeness (QED) is 0.811. The van der Waals surface area contributed by atoms with Crippen molar-refractivity contribution >= 4 is 11.3 Å². The van der Waals surface area contributed by atoms with Crippen LogP contribution in [-0.4, -0.2) is 18.6 Å². The molecule has 3 atom stereocenters. The smallest absolute Gasteiger partial charge is 0.0414 e. The van der Waals surface area contributed by atoms with Crippen molar-refractivity contribution in [2.75, 3.05) is 6.54 Å². The predicted molar refractivity (Wildman–Crippen MR) is 75.6 cm³/mol. The maximum Gasteiger partial charge on any atom is 0.0414 e. The number of nitrogens with one attached hydrogen (secondary N) is 2. The van der Waals surface area contributed by atoms with Crippen LogP contribution in [-0.2, 0) is 0 Å². The maximum absolute atomic E-state index is 3.77. The fourth-order valence-electron chi connectivity index (χ4n) is 2.69. The Labute approximate surface area is 109 Å². The highest BCUT2D eigenvalue weighted by molar-refractivity contribution is 7.10. The van der Waals surface area contributed by atoms with Crippen molar-refractivity contribution in [3.05, 3.63) is 22.4 Å². The average molecular weight is 252 g/mol. The normalized spacial score (nSPS) is 23.8. The van der Waals surface area contributed by atoms with Gasteiger partial charge in [-0.15, -0.1) is 11.3 Å². The monoisotopic (exact) mass is 252 g/mol. The minimum absolute atomic E-state index is 0.534. The Morgan fingerprint density at radius 1 is 1.59 bits per heavy atom. The van der Waals surface area contributed by atoms with Gasteiger partial charge in [-0.1, -0.05) is 13.0 Å². The fourth-order valence-corrected chi connectivity index (χ4v) is 3.56. The lowest BCUT2D eigenvalue weighted by Gasteiger charge is -2.23. The van der Waals surface area contributed by atoms with E-state index in [1.165, 1.54) is 37.1 Å². The molecule has 0 spiro atoms. The maximum atomic E-state index is 3.77. The van der Waals surface area contributed by atoms with Crippen LogP contribution in [0.4, 0.5) is 0 Å². The van der Waals surface area contributed by atoms with Crippen LogP contribution in [0.15, 0.2) is 17.5 Å². The summed E-state index contributed by atoms with van der Waals surface area (Å²) in [5.74, 6) is 0. The summed E-state index contributed by atoms with van der Waals surface area (Å²) < 4.78 is 0. The third kappa shape index (κ3) is 3.80. The Hall–Kier alpha value is -0.380. The van der Waals surface area contributed by atoms with Crippen molar-refractivity contribution in [2.45, 2.75) is 57.7 Å². The van der Waals surface area contributed by atoms with E-state index < -0.39 is 0 Å². The van der Waals surface area contributed by atoms with E-state index in [1.54, 1.807) is 0 Å². The number of hydrogen-bond acceptors (Lipinski definition) is 3. The largest absolute Gasteiger partial charge is 0.314 e. The second-order valence-corrected chi connectivity index (χ2v) is 6.05. The zero-order chi connectivity index (χ0) is 12.1. The molecule has 96 valence electrons. The fraction of sp³-hybridized carbons (Fsp3) is 0.714. The van der Waals surface area contributed by atoms with Crippen LogP contribution >= 0.6 is 11.3 Å². The summed E-state index contributed by atoms with van der Waals surface area (Å²) in [4.78, 5) is 1.47. The van der Waals surface area contributed by atoms with Crippen molar-refractivity contribution < 1.29 is 0 Å². The molecule has 1 aliphatic rings. The molecule has 0 radical (unpaired) electrons. The summed E-state index contributed by atoms with van der Waals surface area (Å²) in [7, 11) is 0. The number of hydrogen-bond donors (Lipinski definition) is 2. The third-order valence-corrected chi connectivity index (χ3v) is 4.57. The van der Waals surface area contributed by atoms with Crippen molar-refractivity contribution in [1.29, 1.82) is 0 Å². The van der Waals surface area contributed by atoms with Crippen LogP contribution in [0.1, 0.15) is 50.4 Å². The van der Waals surface area contributed by atoms with Crippen LogP contribution in [0, 0.1) is 0 Å². The minimum atomic E-state index is 0.534. The van der Waals surface area contributed by atoms with Gasteiger partial charge in [-0.05, 0) is 50.6 Å². The summed E-state index contributed by atoms with van der Waals surface area (Å²) in [5, 5.41) is 9.51. The van der Waals surface area contributed by atoms with Crippen molar-refractivity contribution in [1.82, 2.24) is 10.6 Å². The summed E-state index contributed by atoms with van der Waals surface area (Å²) in [5.41, 5.74) is 0. The van der Waals surface area contributed by atoms with E-state index in [9.17, 15) is 0 Å². The molecule has 1 fully saturated rings. The van der Waals surface area contributed by atoms with Gasteiger partial charge in [0.2, 0.25) is 0 Å². The first-order valence-electron chi connectivity index (χ1n) is 6.82. The lowest BCUT2D eigenvalue weighted by atomic mass is 10.0. The summed E-state index contributed by atoms with van der Waals surface area (Å²) in [6.07, 6.45) is 5.12. The molecule has 0 aliphatic carbocycles. The van der Waals surface area contributed by atoms with E-state index in [-0.39, 0.29) is 0 Å². The van der Waals surface area contributed by atoms with Gasteiger partial charge in [0, 0.05) is 23.0 Å². The SMILES string of the molecule is CCC(NC(C)CC1CCCN1)c1cccs1. The third-order valence-electron chi connectivity index (χ3n) is 3.58. The van der Waals surface area contributed by atoms with Crippen LogP contribution in [0.5, 0.6) is 0 Å². The van der Waals surface area contributed by atoms with Gasteiger partial charge >= 0.3 is 0 Å². The average Bonchev–Trinajstić information content (AvgIpc) is 2.97. The molecule has 0 bridgehead atoms. The zero-order valence-electron chi connectivity index (χ0n) is 10.9. The van der Waals surface area contributed by atoms with Gasteiger partial charge < -0.3 is 10.6 Å². The molecule has 1 aromatic rings. The molecule has 2 nitrogen and oxygen atoms in total. The Bertz CT molecular complexity index is 304. The molecule has 3 heteroatoms. The van der Waals surface area contributed by atoms with Gasteiger partial charge in [-0.25, -0.2) is 0 Å². The predicted octanol–water partition coefficient (Wildman–Crippen LogP) is 3.32. The molecular weight excluding hydrogens is 228 g/mol. The van der Waals surface area contributed by atoms with E-state index >= 15 is 0 Å². The molecule has 0 aromatic carbocycles. The van der Waals surface area contributed by atoms with E-state index in [0.29, 0.717) is 12.1 Å². The van der Waals surface area contributed by atoms with Crippen molar-refractivity contribution in [3.63, 3.8) is 0 Å². The second kappa shape index (κ2) is 6.53. The molecular formula is C14H24N2S. The van der Waals surface area contributed by atoms with E-state index in [4.69, 9.17) is 0 Å². The van der Waals surface area contributed by atoms with E-state index in [0.717, 1.165) is 6.04 Å². The first-order valence-corrected chi connectivity index (χ1v) is 7.70. The Morgan fingerprint density at radius 2 is 2.47 bits per heavy atom. The second-order valence-electron chi connectivity index (χ2n) is 5.07. The van der Waals surface area contributed by atoms with Gasteiger partial charge in [0.1, 0.15) is 0 Å². The Kier molecular flexibility index (Phi) is 5.01. The number of thiophene rings is 1.